The van der Waals surface area contributed by atoms with Gasteiger partial charge in [-0.1, -0.05) is 133 Å². The molecule has 0 unspecified atom stereocenters. The molecule has 12 aromatic rings. The summed E-state index contributed by atoms with van der Waals surface area (Å²) in [5.74, 6) is -0.847. The van der Waals surface area contributed by atoms with E-state index in [0.29, 0.717) is 39.3 Å². The Morgan fingerprint density at radius 1 is 0.377 bits per heavy atom. The van der Waals surface area contributed by atoms with Crippen LogP contribution in [0.2, 0.25) is 0 Å². The van der Waals surface area contributed by atoms with Gasteiger partial charge in [0.15, 0.2) is 0 Å². The first-order chi connectivity index (χ1) is 34.1. The number of nitrogens with zero attached hydrogens (tertiary/aromatic N) is 6. The number of nitriles is 1. The Balaban J connectivity index is 1.20. The molecule has 8 heteroatoms. The molecule has 1 aliphatic heterocycles. The summed E-state index contributed by atoms with van der Waals surface area (Å²) in [6.07, 6.45) is 7.17. The monoisotopic (exact) mass is 884 g/mol. The quantitative estimate of drug-likeness (QED) is 0.149. The van der Waals surface area contributed by atoms with Crippen molar-refractivity contribution in [2.75, 3.05) is 4.90 Å². The van der Waals surface area contributed by atoms with Gasteiger partial charge in [-0.3, -0.25) is 19.6 Å². The van der Waals surface area contributed by atoms with Crippen molar-refractivity contribution in [2.24, 2.45) is 0 Å². The number of hydrogen-bond donors (Lipinski definition) is 0. The molecule has 1 aliphatic rings. The third-order valence-corrected chi connectivity index (χ3v) is 13.5. The molecule has 322 valence electrons. The Bertz CT molecular complexity index is 3950. The number of aromatic nitrogens is 4. The zero-order valence-electron chi connectivity index (χ0n) is 36.8. The third-order valence-electron chi connectivity index (χ3n) is 13.5. The van der Waals surface area contributed by atoms with Gasteiger partial charge in [0, 0.05) is 68.6 Å². The molecule has 0 aliphatic carbocycles. The number of anilines is 1. The first-order valence-electron chi connectivity index (χ1n) is 22.7. The van der Waals surface area contributed by atoms with Gasteiger partial charge in [-0.15, -0.1) is 0 Å². The minimum Gasteiger partial charge on any atom is -0.308 e. The summed E-state index contributed by atoms with van der Waals surface area (Å²) < 4.78 is 4.47. The molecule has 8 nitrogen and oxygen atoms in total. The Labute approximate surface area is 395 Å². The highest BCUT2D eigenvalue weighted by molar-refractivity contribution is 6.37. The smallest absolute Gasteiger partial charge is 0.266 e. The number of fused-ring (bicyclic) bond motifs is 7. The van der Waals surface area contributed by atoms with E-state index in [1.807, 2.05) is 127 Å². The van der Waals surface area contributed by atoms with Crippen molar-refractivity contribution in [3.8, 4) is 62.0 Å². The van der Waals surface area contributed by atoms with E-state index in [-0.39, 0.29) is 5.56 Å². The average molecular weight is 885 g/mol. The molecular formula is C61H36N6O2. The van der Waals surface area contributed by atoms with Gasteiger partial charge in [0.2, 0.25) is 0 Å². The second-order valence-electron chi connectivity index (χ2n) is 17.1. The molecule has 0 saturated heterocycles. The zero-order valence-corrected chi connectivity index (χ0v) is 36.8. The van der Waals surface area contributed by atoms with Crippen molar-refractivity contribution >= 4 is 61.1 Å². The van der Waals surface area contributed by atoms with Gasteiger partial charge < -0.3 is 9.13 Å². The minimum atomic E-state index is -0.436. The van der Waals surface area contributed by atoms with Crippen molar-refractivity contribution in [1.29, 1.82) is 5.26 Å². The lowest BCUT2D eigenvalue weighted by Crippen LogP contribution is -2.30. The van der Waals surface area contributed by atoms with Gasteiger partial charge in [-0.05, 0) is 82.9 Å². The van der Waals surface area contributed by atoms with Crippen molar-refractivity contribution in [1.82, 2.24) is 19.1 Å². The van der Waals surface area contributed by atoms with Crippen LogP contribution in [0, 0.1) is 11.3 Å². The van der Waals surface area contributed by atoms with Crippen LogP contribution in [0.1, 0.15) is 26.3 Å². The summed E-state index contributed by atoms with van der Waals surface area (Å²) in [5.41, 5.74) is 13.2. The number of carbonyl (C=O) groups is 2. The van der Waals surface area contributed by atoms with Crippen molar-refractivity contribution in [3.05, 3.63) is 236 Å². The molecule has 0 atom stereocenters. The number of hydrogen-bond acceptors (Lipinski definition) is 5. The number of amides is 2. The van der Waals surface area contributed by atoms with Gasteiger partial charge in [0.25, 0.3) is 11.8 Å². The lowest BCUT2D eigenvalue weighted by Gasteiger charge is -2.23. The Hall–Kier alpha value is -9.71. The molecule has 2 amide bonds. The predicted octanol–water partition coefficient (Wildman–Crippen LogP) is 14.0. The SMILES string of the molecule is N#Cc1cc(-n2c3ccccc3c3cccc(-c4ccncc4)c32)c(-c2cccc3c2C(=O)N(c2ccccc2-c2ccccc2)C3=O)c(-n2c3ccccc3c3cccc(-c4ccncc4)c32)c1. The Kier molecular flexibility index (Phi) is 9.04. The number of imide groups is 1. The van der Waals surface area contributed by atoms with Crippen LogP contribution >= 0.6 is 0 Å². The maximum absolute atomic E-state index is 15.7. The van der Waals surface area contributed by atoms with Gasteiger partial charge >= 0.3 is 0 Å². The molecule has 0 saturated carbocycles. The molecule has 0 N–H and O–H groups in total. The van der Waals surface area contributed by atoms with E-state index in [0.717, 1.165) is 77.0 Å². The molecule has 0 radical (unpaired) electrons. The van der Waals surface area contributed by atoms with Crippen molar-refractivity contribution < 1.29 is 9.59 Å². The summed E-state index contributed by atoms with van der Waals surface area (Å²) in [4.78, 5) is 40.7. The molecular weight excluding hydrogens is 849 g/mol. The van der Waals surface area contributed by atoms with Gasteiger partial charge in [0.05, 0.1) is 61.9 Å². The fourth-order valence-corrected chi connectivity index (χ4v) is 10.6. The van der Waals surface area contributed by atoms with Crippen LogP contribution in [0.5, 0.6) is 0 Å². The summed E-state index contributed by atoms with van der Waals surface area (Å²) >= 11 is 0. The molecule has 13 rings (SSSR count). The fraction of sp³-hybridized carbons (Fsp3) is 0. The van der Waals surface area contributed by atoms with E-state index in [2.05, 4.69) is 85.8 Å². The van der Waals surface area contributed by atoms with Gasteiger partial charge in [0.1, 0.15) is 0 Å². The zero-order chi connectivity index (χ0) is 46.2. The lowest BCUT2D eigenvalue weighted by molar-refractivity contribution is 0.0926. The van der Waals surface area contributed by atoms with E-state index < -0.39 is 11.8 Å². The van der Waals surface area contributed by atoms with Crippen LogP contribution in [0.15, 0.2) is 219 Å². The molecule has 8 aromatic carbocycles. The number of rotatable bonds is 7. The summed E-state index contributed by atoms with van der Waals surface area (Å²) in [5, 5.41) is 15.2. The molecule has 5 heterocycles. The lowest BCUT2D eigenvalue weighted by atomic mass is 9.92. The van der Waals surface area contributed by atoms with Gasteiger partial charge in [-0.2, -0.15) is 5.26 Å². The fourth-order valence-electron chi connectivity index (χ4n) is 10.6. The molecule has 0 bridgehead atoms. The van der Waals surface area contributed by atoms with Gasteiger partial charge in [-0.25, -0.2) is 4.90 Å². The van der Waals surface area contributed by atoms with E-state index in [4.69, 9.17) is 0 Å². The van der Waals surface area contributed by atoms with Crippen LogP contribution in [0.4, 0.5) is 5.69 Å². The van der Waals surface area contributed by atoms with Crippen molar-refractivity contribution in [2.45, 2.75) is 0 Å². The maximum atomic E-state index is 15.7. The van der Waals surface area contributed by atoms with Crippen LogP contribution in [0.25, 0.3) is 99.5 Å². The van der Waals surface area contributed by atoms with E-state index in [1.165, 1.54) is 4.90 Å². The van der Waals surface area contributed by atoms with Crippen LogP contribution < -0.4 is 4.90 Å². The van der Waals surface area contributed by atoms with E-state index in [9.17, 15) is 5.26 Å². The van der Waals surface area contributed by atoms with Crippen molar-refractivity contribution in [3.63, 3.8) is 0 Å². The predicted molar refractivity (Wildman–Crippen MR) is 275 cm³/mol. The molecule has 4 aromatic heterocycles. The second-order valence-corrected chi connectivity index (χ2v) is 17.1. The first kappa shape index (κ1) is 39.6. The molecule has 69 heavy (non-hydrogen) atoms. The third kappa shape index (κ3) is 6.01. The highest BCUT2D eigenvalue weighted by Crippen LogP contribution is 2.48. The molecule has 0 spiro atoms. The Morgan fingerprint density at radius 3 is 1.41 bits per heavy atom. The summed E-state index contributed by atoms with van der Waals surface area (Å²) in [6.45, 7) is 0. The van der Waals surface area contributed by atoms with E-state index in [1.54, 1.807) is 30.9 Å². The highest BCUT2D eigenvalue weighted by atomic mass is 16.2. The molecule has 0 fully saturated rings. The second kappa shape index (κ2) is 15.7. The van der Waals surface area contributed by atoms with E-state index >= 15 is 9.59 Å². The van der Waals surface area contributed by atoms with Crippen LogP contribution in [0.3, 0.4) is 0 Å². The number of pyridine rings is 2. The number of benzene rings is 8. The van der Waals surface area contributed by atoms with Crippen LogP contribution in [-0.4, -0.2) is 30.9 Å². The Morgan fingerprint density at radius 2 is 0.826 bits per heavy atom. The maximum Gasteiger partial charge on any atom is 0.266 e. The number of para-hydroxylation sites is 5. The summed E-state index contributed by atoms with van der Waals surface area (Å²) in [7, 11) is 0. The normalized spacial score (nSPS) is 12.4. The minimum absolute atomic E-state index is 0.280. The number of carbonyl (C=O) groups excluding carboxylic acids is 2. The topological polar surface area (TPSA) is 96.8 Å². The largest absolute Gasteiger partial charge is 0.308 e. The highest BCUT2D eigenvalue weighted by Gasteiger charge is 2.41. The average Bonchev–Trinajstić information content (AvgIpc) is 4.03. The van der Waals surface area contributed by atoms with Crippen LogP contribution in [-0.2, 0) is 0 Å². The first-order valence-corrected chi connectivity index (χ1v) is 22.7. The summed E-state index contributed by atoms with van der Waals surface area (Å²) in [6, 6.07) is 66.5. The standard InChI is InChI=1S/C61H36N6O2/c62-37-38-35-54(65-52-25-8-5-16-45(52)47-20-10-18-43(58(47)65)40-27-31-63-32-28-40)57(55(36-38)66-53-26-9-6-17-46(53)48-21-11-19-44(59(48)66)41-29-33-64-34-30-41)49-22-12-23-50-56(49)61(69)67(60(50)68)51-24-7-4-15-42(51)39-13-2-1-3-14-39/h1-36H.